The molecular weight excluding hydrogens is 240 g/mol. The fourth-order valence-electron chi connectivity index (χ4n) is 1.88. The van der Waals surface area contributed by atoms with E-state index in [1.54, 1.807) is 0 Å². The maximum atomic E-state index is 11.5. The molecule has 0 amide bonds. The molecule has 1 aliphatic rings. The summed E-state index contributed by atoms with van der Waals surface area (Å²) in [6.45, 7) is 1.16. The van der Waals surface area contributed by atoms with Crippen molar-refractivity contribution >= 4 is 17.9 Å². The third kappa shape index (κ3) is 3.87. The lowest BCUT2D eigenvalue weighted by Gasteiger charge is -2.11. The minimum Gasteiger partial charge on any atom is -0.478 e. The molecule has 0 aromatic rings. The molecule has 18 heavy (non-hydrogen) atoms. The molecule has 1 fully saturated rings. The van der Waals surface area contributed by atoms with Crippen LogP contribution < -0.4 is 0 Å². The third-order valence-electron chi connectivity index (χ3n) is 2.95. The molecule has 6 nitrogen and oxygen atoms in total. The van der Waals surface area contributed by atoms with Gasteiger partial charge in [-0.2, -0.15) is 0 Å². The summed E-state index contributed by atoms with van der Waals surface area (Å²) in [4.78, 5) is 33.1. The van der Waals surface area contributed by atoms with Crippen molar-refractivity contribution in [3.8, 4) is 0 Å². The average molecular weight is 256 g/mol. The van der Waals surface area contributed by atoms with Gasteiger partial charge < -0.3 is 14.9 Å². The van der Waals surface area contributed by atoms with Gasteiger partial charge in [-0.05, 0) is 32.6 Å². The monoisotopic (exact) mass is 256 g/mol. The maximum absolute atomic E-state index is 11.5. The predicted octanol–water partition coefficient (Wildman–Crippen LogP) is 1.35. The molecule has 0 atom stereocenters. The van der Waals surface area contributed by atoms with Gasteiger partial charge in [0.1, 0.15) is 6.10 Å². The van der Waals surface area contributed by atoms with Crippen LogP contribution in [0.25, 0.3) is 0 Å². The molecule has 0 spiro atoms. The minimum absolute atomic E-state index is 0.155. The second-order valence-electron chi connectivity index (χ2n) is 4.29. The molecule has 0 aromatic carbocycles. The summed E-state index contributed by atoms with van der Waals surface area (Å²) in [6.07, 6.45) is 2.90. The van der Waals surface area contributed by atoms with Crippen LogP contribution in [0.15, 0.2) is 11.1 Å². The van der Waals surface area contributed by atoms with Crippen molar-refractivity contribution in [2.75, 3.05) is 0 Å². The molecule has 6 heteroatoms. The van der Waals surface area contributed by atoms with Gasteiger partial charge in [-0.25, -0.2) is 9.59 Å². The predicted molar refractivity (Wildman–Crippen MR) is 60.9 cm³/mol. The molecule has 0 aliphatic heterocycles. The van der Waals surface area contributed by atoms with Crippen LogP contribution in [0.1, 0.15) is 39.0 Å². The molecule has 0 radical (unpaired) electrons. The quantitative estimate of drug-likeness (QED) is 0.568. The van der Waals surface area contributed by atoms with Crippen molar-refractivity contribution in [3.05, 3.63) is 11.1 Å². The zero-order chi connectivity index (χ0) is 13.7. The molecule has 2 N–H and O–H groups in total. The van der Waals surface area contributed by atoms with E-state index in [2.05, 4.69) is 0 Å². The van der Waals surface area contributed by atoms with Crippen LogP contribution >= 0.6 is 0 Å². The number of esters is 1. The van der Waals surface area contributed by atoms with Crippen LogP contribution in [0.2, 0.25) is 0 Å². The van der Waals surface area contributed by atoms with Crippen LogP contribution in [0.4, 0.5) is 0 Å². The summed E-state index contributed by atoms with van der Waals surface area (Å²) in [5.41, 5.74) is -0.767. The van der Waals surface area contributed by atoms with E-state index in [-0.39, 0.29) is 11.7 Å². The topological polar surface area (TPSA) is 101 Å². The average Bonchev–Trinajstić information content (AvgIpc) is 2.77. The fourth-order valence-corrected chi connectivity index (χ4v) is 1.88. The molecule has 1 saturated carbocycles. The Bertz CT molecular complexity index is 389. The number of ether oxygens (including phenoxy) is 1. The molecule has 0 heterocycles. The van der Waals surface area contributed by atoms with Crippen molar-refractivity contribution < 1.29 is 29.3 Å². The number of rotatable bonds is 5. The van der Waals surface area contributed by atoms with Crippen LogP contribution in [0.5, 0.6) is 0 Å². The Morgan fingerprint density at radius 3 is 2.11 bits per heavy atom. The van der Waals surface area contributed by atoms with E-state index in [0.717, 1.165) is 32.6 Å². The SMILES string of the molecule is C/C(C(=O)O)=C(/CC(=O)OC1CCCC1)C(=O)O. The highest BCUT2D eigenvalue weighted by Gasteiger charge is 2.24. The van der Waals surface area contributed by atoms with E-state index < -0.39 is 29.9 Å². The van der Waals surface area contributed by atoms with E-state index in [1.165, 1.54) is 0 Å². The molecule has 0 unspecified atom stereocenters. The van der Waals surface area contributed by atoms with Gasteiger partial charge in [-0.15, -0.1) is 0 Å². The normalized spacial score (nSPS) is 17.2. The highest BCUT2D eigenvalue weighted by molar-refractivity contribution is 6.01. The maximum Gasteiger partial charge on any atom is 0.332 e. The minimum atomic E-state index is -1.40. The van der Waals surface area contributed by atoms with Gasteiger partial charge in [-0.3, -0.25) is 4.79 Å². The lowest BCUT2D eigenvalue weighted by Crippen LogP contribution is -2.19. The summed E-state index contributed by atoms with van der Waals surface area (Å²) in [7, 11) is 0. The first-order chi connectivity index (χ1) is 8.41. The van der Waals surface area contributed by atoms with Crippen LogP contribution in [-0.4, -0.2) is 34.2 Å². The zero-order valence-corrected chi connectivity index (χ0v) is 10.1. The van der Waals surface area contributed by atoms with Crippen LogP contribution in [-0.2, 0) is 19.1 Å². The number of carbonyl (C=O) groups is 3. The molecule has 0 bridgehead atoms. The molecule has 0 saturated heterocycles. The number of carboxylic acids is 2. The van der Waals surface area contributed by atoms with Gasteiger partial charge in [0.25, 0.3) is 0 Å². The third-order valence-corrected chi connectivity index (χ3v) is 2.95. The lowest BCUT2D eigenvalue weighted by atomic mass is 10.1. The van der Waals surface area contributed by atoms with Crippen molar-refractivity contribution in [1.29, 1.82) is 0 Å². The molecular formula is C12H16O6. The number of hydrogen-bond acceptors (Lipinski definition) is 4. The number of hydrogen-bond donors (Lipinski definition) is 2. The summed E-state index contributed by atoms with van der Waals surface area (Å²) < 4.78 is 5.09. The van der Waals surface area contributed by atoms with Gasteiger partial charge >= 0.3 is 17.9 Å². The molecule has 0 aromatic heterocycles. The highest BCUT2D eigenvalue weighted by Crippen LogP contribution is 2.22. The molecule has 1 aliphatic carbocycles. The Labute approximate surface area is 104 Å². The first-order valence-electron chi connectivity index (χ1n) is 5.77. The standard InChI is InChI=1S/C12H16O6/c1-7(11(14)15)9(12(16)17)6-10(13)18-8-4-2-3-5-8/h8H,2-6H2,1H3,(H,14,15)(H,16,17)/b9-7+. The first-order valence-corrected chi connectivity index (χ1v) is 5.77. The van der Waals surface area contributed by atoms with E-state index >= 15 is 0 Å². The van der Waals surface area contributed by atoms with Crippen molar-refractivity contribution in [3.63, 3.8) is 0 Å². The van der Waals surface area contributed by atoms with Crippen LogP contribution in [0.3, 0.4) is 0 Å². The lowest BCUT2D eigenvalue weighted by molar-refractivity contribution is -0.149. The van der Waals surface area contributed by atoms with Gasteiger partial charge in [0, 0.05) is 5.57 Å². The summed E-state index contributed by atoms with van der Waals surface area (Å²) in [5, 5.41) is 17.6. The Morgan fingerprint density at radius 2 is 1.67 bits per heavy atom. The van der Waals surface area contributed by atoms with E-state index in [0.29, 0.717) is 0 Å². The van der Waals surface area contributed by atoms with Gasteiger partial charge in [0.2, 0.25) is 0 Å². The van der Waals surface area contributed by atoms with Gasteiger partial charge in [0.15, 0.2) is 0 Å². The Balaban J connectivity index is 2.66. The number of carboxylic acid groups (broad SMARTS) is 2. The first kappa shape index (κ1) is 14.2. The number of aliphatic carboxylic acids is 2. The van der Waals surface area contributed by atoms with Crippen molar-refractivity contribution in [1.82, 2.24) is 0 Å². The van der Waals surface area contributed by atoms with Gasteiger partial charge in [-0.1, -0.05) is 0 Å². The Hall–Kier alpha value is -1.85. The van der Waals surface area contributed by atoms with Crippen molar-refractivity contribution in [2.24, 2.45) is 0 Å². The smallest absolute Gasteiger partial charge is 0.332 e. The highest BCUT2D eigenvalue weighted by atomic mass is 16.5. The largest absolute Gasteiger partial charge is 0.478 e. The second-order valence-corrected chi connectivity index (χ2v) is 4.29. The van der Waals surface area contributed by atoms with Crippen LogP contribution in [0, 0.1) is 0 Å². The van der Waals surface area contributed by atoms with Gasteiger partial charge in [0.05, 0.1) is 12.0 Å². The molecule has 1 rings (SSSR count). The van der Waals surface area contributed by atoms with E-state index in [9.17, 15) is 14.4 Å². The molecule has 100 valence electrons. The van der Waals surface area contributed by atoms with Crippen molar-refractivity contribution in [2.45, 2.75) is 45.1 Å². The fraction of sp³-hybridized carbons (Fsp3) is 0.583. The van der Waals surface area contributed by atoms with E-state index in [4.69, 9.17) is 14.9 Å². The van der Waals surface area contributed by atoms with E-state index in [1.807, 2.05) is 0 Å². The zero-order valence-electron chi connectivity index (χ0n) is 10.1. The Kier molecular flexibility index (Phi) is 4.88. The number of carbonyl (C=O) groups excluding carboxylic acids is 1. The summed E-state index contributed by atoms with van der Waals surface area (Å²) >= 11 is 0. The summed E-state index contributed by atoms with van der Waals surface area (Å²) in [6, 6.07) is 0. The second kappa shape index (κ2) is 6.18. The summed E-state index contributed by atoms with van der Waals surface area (Å²) in [5.74, 6) is -3.43. The Morgan fingerprint density at radius 1 is 1.11 bits per heavy atom.